The summed E-state index contributed by atoms with van der Waals surface area (Å²) in [5.41, 5.74) is 3.25. The number of benzene rings is 3. The maximum Gasteiger partial charge on any atom is 0.325 e. The van der Waals surface area contributed by atoms with Crippen molar-refractivity contribution in [3.05, 3.63) is 95.3 Å². The maximum atomic E-state index is 13.4. The highest BCUT2D eigenvalue weighted by atomic mass is 19.1. The van der Waals surface area contributed by atoms with Gasteiger partial charge in [-0.1, -0.05) is 42.5 Å². The van der Waals surface area contributed by atoms with E-state index in [0.717, 1.165) is 16.8 Å². The zero-order valence-electron chi connectivity index (χ0n) is 18.9. The fraction of sp³-hybridized carbons (Fsp3) is 0.296. The lowest BCUT2D eigenvalue weighted by Gasteiger charge is -2.29. The van der Waals surface area contributed by atoms with E-state index in [2.05, 4.69) is 0 Å². The number of nitrogens with zero attached hydrogens (tertiary/aromatic N) is 2. The van der Waals surface area contributed by atoms with Crippen molar-refractivity contribution in [1.29, 1.82) is 0 Å². The van der Waals surface area contributed by atoms with Gasteiger partial charge in [-0.15, -0.1) is 0 Å². The number of hydrogen-bond acceptors (Lipinski definition) is 3. The number of para-hydroxylation sites is 1. The second-order valence-corrected chi connectivity index (χ2v) is 8.68. The predicted octanol–water partition coefficient (Wildman–Crippen LogP) is 5.38. The van der Waals surface area contributed by atoms with Crippen LogP contribution >= 0.6 is 0 Å². The smallest absolute Gasteiger partial charge is 0.325 e. The summed E-state index contributed by atoms with van der Waals surface area (Å²) in [6, 6.07) is 20.4. The lowest BCUT2D eigenvalue weighted by Crippen LogP contribution is -2.31. The molecule has 1 aliphatic rings. The summed E-state index contributed by atoms with van der Waals surface area (Å²) in [6.45, 7) is 1.84. The summed E-state index contributed by atoms with van der Waals surface area (Å²) in [7, 11) is 1.78. The molecule has 2 N–H and O–H groups in total. The molecule has 1 saturated heterocycles. The number of rotatable bonds is 7. The van der Waals surface area contributed by atoms with Crippen LogP contribution in [0.25, 0.3) is 0 Å². The summed E-state index contributed by atoms with van der Waals surface area (Å²) in [4.78, 5) is 16.8. The summed E-state index contributed by atoms with van der Waals surface area (Å²) < 4.78 is 13.4. The molecule has 0 saturated carbocycles. The highest BCUT2D eigenvalue weighted by Crippen LogP contribution is 2.43. The van der Waals surface area contributed by atoms with E-state index in [4.69, 9.17) is 0 Å². The topological polar surface area (TPSA) is 64.0 Å². The Hall–Kier alpha value is -3.38. The van der Waals surface area contributed by atoms with E-state index in [9.17, 15) is 19.4 Å². The second kappa shape index (κ2) is 9.63. The Kier molecular flexibility index (Phi) is 6.65. The predicted molar refractivity (Wildman–Crippen MR) is 127 cm³/mol. The molecule has 0 spiro atoms. The molecule has 1 aliphatic heterocycles. The Morgan fingerprint density at radius 3 is 2.36 bits per heavy atom. The largest absolute Gasteiger partial charge is 0.508 e. The third-order valence-electron chi connectivity index (χ3n) is 6.56. The Balaban J connectivity index is 1.68. The molecule has 5 nitrogen and oxygen atoms in total. The van der Waals surface area contributed by atoms with Gasteiger partial charge in [-0.2, -0.15) is 0 Å². The van der Waals surface area contributed by atoms with Crippen molar-refractivity contribution < 1.29 is 19.4 Å². The molecule has 0 aromatic heterocycles. The van der Waals surface area contributed by atoms with E-state index in [1.54, 1.807) is 35.0 Å². The second-order valence-electron chi connectivity index (χ2n) is 8.68. The van der Waals surface area contributed by atoms with Gasteiger partial charge in [0.15, 0.2) is 0 Å². The van der Waals surface area contributed by atoms with Crippen LogP contribution in [0.1, 0.15) is 41.5 Å². The molecule has 0 radical (unpaired) electrons. The van der Waals surface area contributed by atoms with Gasteiger partial charge in [-0.3, -0.25) is 4.90 Å². The van der Waals surface area contributed by atoms with Crippen molar-refractivity contribution >= 4 is 11.7 Å². The molecule has 6 heteroatoms. The average molecular weight is 449 g/mol. The molecule has 1 heterocycles. The Bertz CT molecular complexity index is 1100. The molecule has 4 rings (SSSR count). The number of aliphatic hydroxyl groups is 1. The fourth-order valence-electron chi connectivity index (χ4n) is 4.75. The maximum absolute atomic E-state index is 13.4. The molecule has 2 amide bonds. The van der Waals surface area contributed by atoms with Gasteiger partial charge in [0.2, 0.25) is 0 Å². The molecular formula is C27H29FN2O3. The van der Waals surface area contributed by atoms with Crippen LogP contribution in [0, 0.1) is 12.7 Å². The Morgan fingerprint density at radius 1 is 1.03 bits per heavy atom. The number of phenols is 1. The van der Waals surface area contributed by atoms with Gasteiger partial charge in [0.1, 0.15) is 11.6 Å². The van der Waals surface area contributed by atoms with Crippen molar-refractivity contribution in [2.24, 2.45) is 0 Å². The zero-order chi connectivity index (χ0) is 23.5. The van der Waals surface area contributed by atoms with Crippen LogP contribution < -0.4 is 4.90 Å². The van der Waals surface area contributed by atoms with Crippen LogP contribution in [0.4, 0.5) is 14.9 Å². The van der Waals surface area contributed by atoms with Gasteiger partial charge in [-0.05, 0) is 61.2 Å². The van der Waals surface area contributed by atoms with Gasteiger partial charge in [0.05, 0.1) is 12.1 Å². The Labute approximate surface area is 193 Å². The number of aliphatic hydroxyl groups excluding tert-OH is 1. The lowest BCUT2D eigenvalue weighted by molar-refractivity contribution is 0.208. The van der Waals surface area contributed by atoms with Gasteiger partial charge in [0, 0.05) is 30.8 Å². The van der Waals surface area contributed by atoms with E-state index in [0.29, 0.717) is 18.4 Å². The summed E-state index contributed by atoms with van der Waals surface area (Å²) in [6.07, 6.45) is 1.21. The summed E-state index contributed by atoms with van der Waals surface area (Å²) in [5, 5.41) is 20.8. The number of phenolic OH excluding ortho intramolecular Hbond substituents is 1. The fourth-order valence-corrected chi connectivity index (χ4v) is 4.75. The van der Waals surface area contributed by atoms with E-state index in [-0.39, 0.29) is 36.2 Å². The van der Waals surface area contributed by atoms with Crippen molar-refractivity contribution in [2.75, 3.05) is 18.6 Å². The minimum absolute atomic E-state index is 0.0706. The Morgan fingerprint density at radius 2 is 1.73 bits per heavy atom. The number of halogens is 1. The molecular weight excluding hydrogens is 419 g/mol. The van der Waals surface area contributed by atoms with Crippen LogP contribution in [0.5, 0.6) is 5.75 Å². The molecule has 3 aromatic carbocycles. The number of likely N-dealkylation sites (N-methyl/N-ethyl adjacent to an activating group) is 1. The summed E-state index contributed by atoms with van der Waals surface area (Å²) in [5.74, 6) is -0.330. The molecule has 3 unspecified atom stereocenters. The van der Waals surface area contributed by atoms with Crippen molar-refractivity contribution in [3.8, 4) is 5.75 Å². The van der Waals surface area contributed by atoms with E-state index >= 15 is 0 Å². The normalized spacial score (nSPS) is 19.2. The molecule has 1 fully saturated rings. The summed E-state index contributed by atoms with van der Waals surface area (Å²) >= 11 is 0. The minimum Gasteiger partial charge on any atom is -0.508 e. The first-order valence-electron chi connectivity index (χ1n) is 11.2. The van der Waals surface area contributed by atoms with E-state index in [1.165, 1.54) is 12.1 Å². The first kappa shape index (κ1) is 22.8. The zero-order valence-corrected chi connectivity index (χ0v) is 18.9. The van der Waals surface area contributed by atoms with Crippen LogP contribution in [0.3, 0.4) is 0 Å². The minimum atomic E-state index is -0.391. The van der Waals surface area contributed by atoms with Crippen LogP contribution in [-0.4, -0.2) is 40.8 Å². The van der Waals surface area contributed by atoms with Crippen molar-refractivity contribution in [2.45, 2.75) is 37.8 Å². The van der Waals surface area contributed by atoms with Gasteiger partial charge in [-0.25, -0.2) is 9.18 Å². The molecule has 172 valence electrons. The highest BCUT2D eigenvalue weighted by Gasteiger charge is 2.46. The van der Waals surface area contributed by atoms with Crippen LogP contribution in [0.15, 0.2) is 72.8 Å². The first-order valence-corrected chi connectivity index (χ1v) is 11.2. The monoisotopic (exact) mass is 448 g/mol. The number of aromatic hydroxyl groups is 1. The number of hydrogen-bond donors (Lipinski definition) is 2. The van der Waals surface area contributed by atoms with Gasteiger partial charge < -0.3 is 15.1 Å². The molecule has 3 atom stereocenters. The number of carbonyl (C=O) groups excluding carboxylic acids is 1. The number of urea groups is 1. The van der Waals surface area contributed by atoms with Crippen LogP contribution in [-0.2, 0) is 0 Å². The molecule has 3 aromatic rings. The van der Waals surface area contributed by atoms with Crippen molar-refractivity contribution in [3.63, 3.8) is 0 Å². The third kappa shape index (κ3) is 4.57. The van der Waals surface area contributed by atoms with Gasteiger partial charge in [0.25, 0.3) is 0 Å². The molecule has 33 heavy (non-hydrogen) atoms. The number of amides is 2. The molecule has 0 bridgehead atoms. The standard InChI is InChI=1S/C27H29FN2O3/c1-18-8-14-23(25(32)16-18)26-24(15-11-20(17-31)19-9-12-21(28)13-10-19)29(2)27(33)30(26)22-6-4-3-5-7-22/h3-10,12-14,16,20,24,26,31-32H,11,15,17H2,1-2H3. The van der Waals surface area contributed by atoms with Crippen molar-refractivity contribution in [1.82, 2.24) is 4.90 Å². The molecule has 0 aliphatic carbocycles. The van der Waals surface area contributed by atoms with E-state index < -0.39 is 6.04 Å². The lowest BCUT2D eigenvalue weighted by atomic mass is 9.88. The average Bonchev–Trinajstić information content (AvgIpc) is 3.06. The number of aryl methyl sites for hydroxylation is 1. The SMILES string of the molecule is Cc1ccc(C2C(CCC(CO)c3ccc(F)cc3)N(C)C(=O)N2c2ccccc2)c(O)c1. The number of carbonyl (C=O) groups is 1. The van der Waals surface area contributed by atoms with E-state index in [1.807, 2.05) is 49.4 Å². The number of anilines is 1. The van der Waals surface area contributed by atoms with Gasteiger partial charge >= 0.3 is 6.03 Å². The quantitative estimate of drug-likeness (QED) is 0.510. The first-order chi connectivity index (χ1) is 15.9. The van der Waals surface area contributed by atoms with Crippen LogP contribution in [0.2, 0.25) is 0 Å². The highest BCUT2D eigenvalue weighted by molar-refractivity contribution is 5.95. The third-order valence-corrected chi connectivity index (χ3v) is 6.56.